The highest BCUT2D eigenvalue weighted by Gasteiger charge is 2.21. The topological polar surface area (TPSA) is 50.4 Å². The number of aryl methyl sites for hydroxylation is 1. The van der Waals surface area contributed by atoms with Crippen LogP contribution in [0.1, 0.15) is 23.1 Å². The van der Waals surface area contributed by atoms with Crippen molar-refractivity contribution in [1.82, 2.24) is 10.5 Å². The molecule has 1 fully saturated rings. The number of benzene rings is 1. The largest absolute Gasteiger partial charge is 0.361 e. The Morgan fingerprint density at radius 1 is 1.42 bits per heavy atom. The molecule has 4 nitrogen and oxygen atoms in total. The zero-order valence-electron chi connectivity index (χ0n) is 10.7. The van der Waals surface area contributed by atoms with Gasteiger partial charge in [0, 0.05) is 11.8 Å². The van der Waals surface area contributed by atoms with E-state index in [0.29, 0.717) is 12.6 Å². The molecule has 5 heteroatoms. The summed E-state index contributed by atoms with van der Waals surface area (Å²) in [6.45, 7) is 2.45. The number of rotatable bonds is 3. The fourth-order valence-corrected chi connectivity index (χ4v) is 2.98. The van der Waals surface area contributed by atoms with E-state index in [1.165, 1.54) is 5.56 Å². The SMILES string of the molecule is Cc1cc(CN=C2NC(c3ccccc3)CS2)no1. The van der Waals surface area contributed by atoms with Gasteiger partial charge in [0.25, 0.3) is 0 Å². The van der Waals surface area contributed by atoms with Gasteiger partial charge in [0.2, 0.25) is 0 Å². The van der Waals surface area contributed by atoms with Crippen LogP contribution in [0.5, 0.6) is 0 Å². The van der Waals surface area contributed by atoms with E-state index in [1.807, 2.05) is 19.1 Å². The molecule has 0 amide bonds. The Kier molecular flexibility index (Phi) is 3.55. The second kappa shape index (κ2) is 5.48. The van der Waals surface area contributed by atoms with Gasteiger partial charge in [-0.1, -0.05) is 47.3 Å². The van der Waals surface area contributed by atoms with Crippen LogP contribution in [0.15, 0.2) is 45.9 Å². The lowest BCUT2D eigenvalue weighted by Gasteiger charge is -2.09. The van der Waals surface area contributed by atoms with Gasteiger partial charge in [0.05, 0.1) is 12.6 Å². The zero-order valence-corrected chi connectivity index (χ0v) is 11.5. The predicted octanol–water partition coefficient (Wildman–Crippen LogP) is 2.92. The molecule has 2 aromatic rings. The summed E-state index contributed by atoms with van der Waals surface area (Å²) in [7, 11) is 0. The van der Waals surface area contributed by atoms with E-state index in [2.05, 4.69) is 39.7 Å². The van der Waals surface area contributed by atoms with Gasteiger partial charge in [-0.15, -0.1) is 0 Å². The molecule has 1 aromatic carbocycles. The fourth-order valence-electron chi connectivity index (χ4n) is 2.00. The maximum atomic E-state index is 5.02. The molecule has 1 aliphatic rings. The lowest BCUT2D eigenvalue weighted by molar-refractivity contribution is 0.391. The summed E-state index contributed by atoms with van der Waals surface area (Å²) in [5.74, 6) is 1.84. The Bertz CT molecular complexity index is 579. The van der Waals surface area contributed by atoms with E-state index < -0.39 is 0 Å². The van der Waals surface area contributed by atoms with E-state index >= 15 is 0 Å². The number of nitrogens with one attached hydrogen (secondary N) is 1. The van der Waals surface area contributed by atoms with Gasteiger partial charge in [0.1, 0.15) is 11.5 Å². The first-order valence-electron chi connectivity index (χ1n) is 6.22. The molecule has 0 radical (unpaired) electrons. The molecule has 0 bridgehead atoms. The third kappa shape index (κ3) is 2.98. The molecule has 1 N–H and O–H groups in total. The second-order valence-corrected chi connectivity index (χ2v) is 5.48. The van der Waals surface area contributed by atoms with Gasteiger partial charge >= 0.3 is 0 Å². The maximum absolute atomic E-state index is 5.02. The zero-order chi connectivity index (χ0) is 13.1. The highest BCUT2D eigenvalue weighted by Crippen LogP contribution is 2.26. The summed E-state index contributed by atoms with van der Waals surface area (Å²) < 4.78 is 5.02. The number of aromatic nitrogens is 1. The summed E-state index contributed by atoms with van der Waals surface area (Å²) in [6, 6.07) is 12.7. The second-order valence-electron chi connectivity index (χ2n) is 4.47. The average Bonchev–Trinajstić information content (AvgIpc) is 3.06. The van der Waals surface area contributed by atoms with E-state index in [4.69, 9.17) is 4.52 Å². The van der Waals surface area contributed by atoms with Crippen LogP contribution in [0.2, 0.25) is 0 Å². The number of thioether (sulfide) groups is 1. The molecule has 1 unspecified atom stereocenters. The number of amidine groups is 1. The van der Waals surface area contributed by atoms with Crippen LogP contribution in [0.25, 0.3) is 0 Å². The fraction of sp³-hybridized carbons (Fsp3) is 0.286. The lowest BCUT2D eigenvalue weighted by Crippen LogP contribution is -2.19. The molecule has 1 aliphatic heterocycles. The molecule has 1 aromatic heterocycles. The molecule has 2 heterocycles. The van der Waals surface area contributed by atoms with Gasteiger partial charge in [-0.2, -0.15) is 0 Å². The normalized spacial score (nSPS) is 20.7. The van der Waals surface area contributed by atoms with E-state index in [0.717, 1.165) is 22.4 Å². The molecular formula is C14H15N3OS. The highest BCUT2D eigenvalue weighted by atomic mass is 32.2. The summed E-state index contributed by atoms with van der Waals surface area (Å²) in [5, 5.41) is 8.35. The molecule has 98 valence electrons. The summed E-state index contributed by atoms with van der Waals surface area (Å²) in [5.41, 5.74) is 2.17. The monoisotopic (exact) mass is 273 g/mol. The first-order chi connectivity index (χ1) is 9.31. The first kappa shape index (κ1) is 12.3. The summed E-state index contributed by atoms with van der Waals surface area (Å²) >= 11 is 1.75. The Hall–Kier alpha value is -1.75. The van der Waals surface area contributed by atoms with Crippen molar-refractivity contribution >= 4 is 16.9 Å². The van der Waals surface area contributed by atoms with Crippen molar-refractivity contribution in [2.24, 2.45) is 4.99 Å². The van der Waals surface area contributed by atoms with Crippen molar-refractivity contribution in [3.8, 4) is 0 Å². The molecule has 0 saturated carbocycles. The van der Waals surface area contributed by atoms with Gasteiger partial charge < -0.3 is 9.84 Å². The number of nitrogens with zero attached hydrogens (tertiary/aromatic N) is 2. The van der Waals surface area contributed by atoms with E-state index in [-0.39, 0.29) is 0 Å². The molecule has 0 aliphatic carbocycles. The minimum Gasteiger partial charge on any atom is -0.361 e. The third-order valence-electron chi connectivity index (χ3n) is 2.95. The highest BCUT2D eigenvalue weighted by molar-refractivity contribution is 8.14. The van der Waals surface area contributed by atoms with Crippen LogP contribution in [0.3, 0.4) is 0 Å². The standard InChI is InChI=1S/C14H15N3OS/c1-10-7-12(17-18-10)8-15-14-16-13(9-19-14)11-5-3-2-4-6-11/h2-7,13H,8-9H2,1H3,(H,15,16). The molecular weight excluding hydrogens is 258 g/mol. The quantitative estimate of drug-likeness (QED) is 0.934. The van der Waals surface area contributed by atoms with Crippen LogP contribution in [-0.4, -0.2) is 16.1 Å². The smallest absolute Gasteiger partial charge is 0.157 e. The molecule has 19 heavy (non-hydrogen) atoms. The Morgan fingerprint density at radius 2 is 2.26 bits per heavy atom. The minimum atomic E-state index is 0.351. The number of aliphatic imine (C=N–C) groups is 1. The van der Waals surface area contributed by atoms with Crippen LogP contribution < -0.4 is 5.32 Å². The van der Waals surface area contributed by atoms with E-state index in [9.17, 15) is 0 Å². The van der Waals surface area contributed by atoms with Gasteiger partial charge in [-0.3, -0.25) is 4.99 Å². The van der Waals surface area contributed by atoms with Crippen LogP contribution in [0, 0.1) is 6.92 Å². The van der Waals surface area contributed by atoms with Crippen LogP contribution in [0.4, 0.5) is 0 Å². The molecule has 1 atom stereocenters. The lowest BCUT2D eigenvalue weighted by atomic mass is 10.1. The van der Waals surface area contributed by atoms with Crippen molar-refractivity contribution in [1.29, 1.82) is 0 Å². The third-order valence-corrected chi connectivity index (χ3v) is 3.97. The Morgan fingerprint density at radius 3 is 3.00 bits per heavy atom. The Balaban J connectivity index is 1.62. The van der Waals surface area contributed by atoms with Crippen molar-refractivity contribution in [2.45, 2.75) is 19.5 Å². The van der Waals surface area contributed by atoms with Gasteiger partial charge in [0.15, 0.2) is 5.17 Å². The maximum Gasteiger partial charge on any atom is 0.157 e. The van der Waals surface area contributed by atoms with Crippen molar-refractivity contribution < 1.29 is 4.52 Å². The number of hydrogen-bond donors (Lipinski definition) is 1. The molecule has 3 rings (SSSR count). The average molecular weight is 273 g/mol. The Labute approximate surface area is 116 Å². The summed E-state index contributed by atoms with van der Waals surface area (Å²) in [6.07, 6.45) is 0. The summed E-state index contributed by atoms with van der Waals surface area (Å²) in [4.78, 5) is 4.53. The van der Waals surface area contributed by atoms with Crippen molar-refractivity contribution in [3.05, 3.63) is 53.4 Å². The van der Waals surface area contributed by atoms with E-state index in [1.54, 1.807) is 11.8 Å². The van der Waals surface area contributed by atoms with Gasteiger partial charge in [-0.05, 0) is 12.5 Å². The van der Waals surface area contributed by atoms with Gasteiger partial charge in [-0.25, -0.2) is 0 Å². The first-order valence-corrected chi connectivity index (χ1v) is 7.21. The van der Waals surface area contributed by atoms with Crippen molar-refractivity contribution in [3.63, 3.8) is 0 Å². The van der Waals surface area contributed by atoms with Crippen LogP contribution >= 0.6 is 11.8 Å². The molecule has 0 spiro atoms. The van der Waals surface area contributed by atoms with Crippen molar-refractivity contribution in [2.75, 3.05) is 5.75 Å². The molecule has 1 saturated heterocycles. The number of hydrogen-bond acceptors (Lipinski definition) is 4. The minimum absolute atomic E-state index is 0.351. The predicted molar refractivity (Wildman–Crippen MR) is 77.2 cm³/mol. The van der Waals surface area contributed by atoms with Crippen LogP contribution in [-0.2, 0) is 6.54 Å².